The maximum Gasteiger partial charge on any atom is 0.274 e. The van der Waals surface area contributed by atoms with Gasteiger partial charge in [0.1, 0.15) is 11.5 Å². The van der Waals surface area contributed by atoms with Crippen molar-refractivity contribution in [1.82, 2.24) is 14.9 Å². The first-order chi connectivity index (χ1) is 9.22. The minimum atomic E-state index is -0.0218. The highest BCUT2D eigenvalue weighted by Crippen LogP contribution is 2.07. The Kier molecular flexibility index (Phi) is 6.85. The largest absolute Gasteiger partial charge is 0.372 e. The molecule has 1 heterocycles. The molecule has 19 heavy (non-hydrogen) atoms. The lowest BCUT2D eigenvalue weighted by molar-refractivity contribution is 0.0745. The first kappa shape index (κ1) is 15.4. The van der Waals surface area contributed by atoms with Crippen LogP contribution in [0.5, 0.6) is 0 Å². The van der Waals surface area contributed by atoms with Gasteiger partial charge >= 0.3 is 0 Å². The van der Waals surface area contributed by atoms with Crippen molar-refractivity contribution in [3.05, 3.63) is 18.1 Å². The van der Waals surface area contributed by atoms with Crippen molar-refractivity contribution in [3.8, 4) is 0 Å². The fourth-order valence-electron chi connectivity index (χ4n) is 1.76. The molecule has 106 valence electrons. The van der Waals surface area contributed by atoms with E-state index in [-0.39, 0.29) is 5.91 Å². The fourth-order valence-corrected chi connectivity index (χ4v) is 1.76. The predicted octanol–water partition coefficient (Wildman–Crippen LogP) is 2.56. The molecule has 0 bridgehead atoms. The summed E-state index contributed by atoms with van der Waals surface area (Å²) in [5, 5.41) is 2.90. The predicted molar refractivity (Wildman–Crippen MR) is 77.3 cm³/mol. The van der Waals surface area contributed by atoms with Gasteiger partial charge in [0, 0.05) is 20.1 Å². The monoisotopic (exact) mass is 264 g/mol. The number of aromatic nitrogens is 2. The normalized spacial score (nSPS) is 10.3. The van der Waals surface area contributed by atoms with Crippen LogP contribution < -0.4 is 5.32 Å². The van der Waals surface area contributed by atoms with Gasteiger partial charge in [-0.25, -0.2) is 4.98 Å². The van der Waals surface area contributed by atoms with E-state index in [0.717, 1.165) is 38.8 Å². The van der Waals surface area contributed by atoms with E-state index in [1.807, 2.05) is 4.90 Å². The average molecular weight is 264 g/mol. The number of nitrogens with one attached hydrogen (secondary N) is 1. The molecule has 1 N–H and O–H groups in total. The highest BCUT2D eigenvalue weighted by Gasteiger charge is 2.16. The van der Waals surface area contributed by atoms with Crippen molar-refractivity contribution in [2.75, 3.05) is 25.5 Å². The molecule has 0 saturated heterocycles. The van der Waals surface area contributed by atoms with Gasteiger partial charge in [-0.05, 0) is 12.8 Å². The molecule has 0 spiro atoms. The summed E-state index contributed by atoms with van der Waals surface area (Å²) in [5.74, 6) is 0.600. The number of rotatable bonds is 8. The van der Waals surface area contributed by atoms with Crippen LogP contribution in [-0.2, 0) is 0 Å². The van der Waals surface area contributed by atoms with E-state index < -0.39 is 0 Å². The number of amides is 1. The van der Waals surface area contributed by atoms with Gasteiger partial charge in [-0.1, -0.05) is 26.7 Å². The molecule has 0 atom stereocenters. The Labute approximate surface area is 115 Å². The molecule has 0 aliphatic carbocycles. The zero-order chi connectivity index (χ0) is 14.1. The molecule has 1 aromatic rings. The standard InChI is InChI=1S/C14H24N4O/c1-4-6-8-18(9-7-5-2)14(19)12-10-16-11-13(15-3)17-12/h10-11H,4-9H2,1-3H3,(H,15,17). The van der Waals surface area contributed by atoms with Gasteiger partial charge in [-0.3, -0.25) is 9.78 Å². The Balaban J connectivity index is 2.77. The van der Waals surface area contributed by atoms with Crippen molar-refractivity contribution in [2.24, 2.45) is 0 Å². The highest BCUT2D eigenvalue weighted by molar-refractivity contribution is 5.92. The second-order valence-electron chi connectivity index (χ2n) is 4.54. The van der Waals surface area contributed by atoms with E-state index in [1.165, 1.54) is 6.20 Å². The number of carbonyl (C=O) groups excluding carboxylic acids is 1. The van der Waals surface area contributed by atoms with Crippen molar-refractivity contribution in [3.63, 3.8) is 0 Å². The van der Waals surface area contributed by atoms with Crippen molar-refractivity contribution >= 4 is 11.7 Å². The maximum atomic E-state index is 12.4. The van der Waals surface area contributed by atoms with Crippen molar-refractivity contribution < 1.29 is 4.79 Å². The molecule has 0 aliphatic heterocycles. The second-order valence-corrected chi connectivity index (χ2v) is 4.54. The summed E-state index contributed by atoms with van der Waals surface area (Å²) in [4.78, 5) is 22.6. The van der Waals surface area contributed by atoms with Gasteiger partial charge in [0.25, 0.3) is 5.91 Å². The number of hydrogen-bond acceptors (Lipinski definition) is 4. The Hall–Kier alpha value is -1.65. The number of hydrogen-bond donors (Lipinski definition) is 1. The molecule has 5 heteroatoms. The SMILES string of the molecule is CCCCN(CCCC)C(=O)c1cncc(NC)n1. The van der Waals surface area contributed by atoms with Crippen LogP contribution in [0.25, 0.3) is 0 Å². The molecule has 0 fully saturated rings. The van der Waals surface area contributed by atoms with Crippen LogP contribution in [0.15, 0.2) is 12.4 Å². The van der Waals surface area contributed by atoms with Crippen molar-refractivity contribution in [2.45, 2.75) is 39.5 Å². The van der Waals surface area contributed by atoms with E-state index >= 15 is 0 Å². The van der Waals surface area contributed by atoms with Crippen LogP contribution in [-0.4, -0.2) is 40.9 Å². The summed E-state index contributed by atoms with van der Waals surface area (Å²) in [6.07, 6.45) is 7.35. The molecule has 0 aromatic carbocycles. The van der Waals surface area contributed by atoms with Gasteiger partial charge in [-0.15, -0.1) is 0 Å². The number of anilines is 1. The molecule has 0 saturated carbocycles. The molecular formula is C14H24N4O. The summed E-state index contributed by atoms with van der Waals surface area (Å²) in [5.41, 5.74) is 0.416. The van der Waals surface area contributed by atoms with Crippen LogP contribution in [0.1, 0.15) is 50.0 Å². The summed E-state index contributed by atoms with van der Waals surface area (Å²) < 4.78 is 0. The molecule has 0 aliphatic rings. The summed E-state index contributed by atoms with van der Waals surface area (Å²) in [6, 6.07) is 0. The van der Waals surface area contributed by atoms with Crippen LogP contribution in [0.4, 0.5) is 5.82 Å². The molecule has 1 amide bonds. The Morgan fingerprint density at radius 3 is 2.37 bits per heavy atom. The van der Waals surface area contributed by atoms with E-state index in [1.54, 1.807) is 13.2 Å². The minimum Gasteiger partial charge on any atom is -0.372 e. The zero-order valence-electron chi connectivity index (χ0n) is 12.1. The van der Waals surface area contributed by atoms with Crippen LogP contribution in [0.2, 0.25) is 0 Å². The third-order valence-corrected chi connectivity index (χ3v) is 2.96. The Bertz CT molecular complexity index is 387. The van der Waals surface area contributed by atoms with Gasteiger partial charge in [0.15, 0.2) is 0 Å². The quantitative estimate of drug-likeness (QED) is 0.784. The molecular weight excluding hydrogens is 240 g/mol. The molecule has 5 nitrogen and oxygen atoms in total. The number of carbonyl (C=O) groups is 1. The van der Waals surface area contributed by atoms with Crippen LogP contribution in [0, 0.1) is 0 Å². The lowest BCUT2D eigenvalue weighted by Crippen LogP contribution is -2.33. The van der Waals surface area contributed by atoms with Gasteiger partial charge in [-0.2, -0.15) is 0 Å². The van der Waals surface area contributed by atoms with Gasteiger partial charge in [0.2, 0.25) is 0 Å². The summed E-state index contributed by atoms with van der Waals surface area (Å²) in [7, 11) is 1.77. The van der Waals surface area contributed by atoms with Crippen LogP contribution in [0.3, 0.4) is 0 Å². The minimum absolute atomic E-state index is 0.0218. The lowest BCUT2D eigenvalue weighted by atomic mass is 10.2. The topological polar surface area (TPSA) is 58.1 Å². The van der Waals surface area contributed by atoms with E-state index in [0.29, 0.717) is 11.5 Å². The lowest BCUT2D eigenvalue weighted by Gasteiger charge is -2.22. The van der Waals surface area contributed by atoms with Gasteiger partial charge in [0.05, 0.1) is 12.4 Å². The fraction of sp³-hybridized carbons (Fsp3) is 0.643. The molecule has 0 radical (unpaired) electrons. The number of unbranched alkanes of at least 4 members (excludes halogenated alkanes) is 2. The Morgan fingerprint density at radius 1 is 1.21 bits per heavy atom. The van der Waals surface area contributed by atoms with Crippen LogP contribution >= 0.6 is 0 Å². The number of nitrogens with zero attached hydrogens (tertiary/aromatic N) is 3. The maximum absolute atomic E-state index is 12.4. The molecule has 0 unspecified atom stereocenters. The third-order valence-electron chi connectivity index (χ3n) is 2.96. The Morgan fingerprint density at radius 2 is 1.84 bits per heavy atom. The molecule has 1 rings (SSSR count). The molecule has 1 aromatic heterocycles. The van der Waals surface area contributed by atoms with E-state index in [2.05, 4.69) is 29.1 Å². The third kappa shape index (κ3) is 4.85. The van der Waals surface area contributed by atoms with Crippen molar-refractivity contribution in [1.29, 1.82) is 0 Å². The van der Waals surface area contributed by atoms with Gasteiger partial charge < -0.3 is 10.2 Å². The second kappa shape index (κ2) is 8.45. The highest BCUT2D eigenvalue weighted by atomic mass is 16.2. The zero-order valence-corrected chi connectivity index (χ0v) is 12.1. The first-order valence-electron chi connectivity index (χ1n) is 7.02. The summed E-state index contributed by atoms with van der Waals surface area (Å²) >= 11 is 0. The van der Waals surface area contributed by atoms with E-state index in [9.17, 15) is 4.79 Å². The smallest absolute Gasteiger partial charge is 0.274 e. The first-order valence-corrected chi connectivity index (χ1v) is 7.02. The average Bonchev–Trinajstić information content (AvgIpc) is 2.47. The summed E-state index contributed by atoms with van der Waals surface area (Å²) in [6.45, 7) is 5.84. The van der Waals surface area contributed by atoms with E-state index in [4.69, 9.17) is 0 Å².